The Bertz CT molecular complexity index is 353. The highest BCUT2D eigenvalue weighted by atomic mass is 79.9. The fourth-order valence-electron chi connectivity index (χ4n) is 1.26. The van der Waals surface area contributed by atoms with Crippen molar-refractivity contribution in [2.45, 2.75) is 6.29 Å². The standard InChI is InChI=1S/C9H7BrClFO2/c10-7-5(9-13-3-4-14-9)1-2-6(12)8(7)11/h1-2,9H,3-4H2. The van der Waals surface area contributed by atoms with Gasteiger partial charge in [0.05, 0.1) is 18.2 Å². The molecule has 1 aliphatic rings. The van der Waals surface area contributed by atoms with Crippen molar-refractivity contribution in [2.75, 3.05) is 13.2 Å². The highest BCUT2D eigenvalue weighted by molar-refractivity contribution is 9.10. The molecule has 1 fully saturated rings. The van der Waals surface area contributed by atoms with Crippen molar-refractivity contribution in [3.8, 4) is 0 Å². The van der Waals surface area contributed by atoms with Crippen LogP contribution in [-0.4, -0.2) is 13.2 Å². The second kappa shape index (κ2) is 4.14. The summed E-state index contributed by atoms with van der Waals surface area (Å²) >= 11 is 8.94. The number of halogens is 3. The molecule has 0 amide bonds. The molecule has 1 aliphatic heterocycles. The SMILES string of the molecule is Fc1ccc(C2OCCO2)c(Br)c1Cl. The van der Waals surface area contributed by atoms with Crippen LogP contribution in [0.5, 0.6) is 0 Å². The maximum atomic E-state index is 13.0. The summed E-state index contributed by atoms with van der Waals surface area (Å²) in [5, 5.41) is 0.0570. The first-order valence-corrected chi connectivity index (χ1v) is 5.24. The molecule has 1 saturated heterocycles. The second-order valence-electron chi connectivity index (χ2n) is 2.84. The Morgan fingerprint density at radius 3 is 2.64 bits per heavy atom. The third-order valence-electron chi connectivity index (χ3n) is 1.94. The zero-order chi connectivity index (χ0) is 10.1. The first-order valence-electron chi connectivity index (χ1n) is 4.07. The van der Waals surface area contributed by atoms with E-state index in [4.69, 9.17) is 21.1 Å². The molecule has 0 unspecified atom stereocenters. The van der Waals surface area contributed by atoms with Crippen molar-refractivity contribution >= 4 is 27.5 Å². The lowest BCUT2D eigenvalue weighted by molar-refractivity contribution is -0.0446. The van der Waals surface area contributed by atoms with Crippen LogP contribution in [0.2, 0.25) is 5.02 Å². The zero-order valence-corrected chi connectivity index (χ0v) is 9.44. The lowest BCUT2D eigenvalue weighted by Gasteiger charge is -2.12. The van der Waals surface area contributed by atoms with Gasteiger partial charge in [-0.05, 0) is 28.1 Å². The molecule has 5 heteroatoms. The molecular formula is C9H7BrClFO2. The Balaban J connectivity index is 2.38. The van der Waals surface area contributed by atoms with Crippen LogP contribution in [0.1, 0.15) is 11.9 Å². The summed E-state index contributed by atoms with van der Waals surface area (Å²) in [6.45, 7) is 1.10. The van der Waals surface area contributed by atoms with Gasteiger partial charge in [-0.25, -0.2) is 4.39 Å². The summed E-state index contributed by atoms with van der Waals surface area (Å²) in [5.74, 6) is -0.458. The van der Waals surface area contributed by atoms with Gasteiger partial charge in [0, 0.05) is 10.0 Å². The lowest BCUT2D eigenvalue weighted by Crippen LogP contribution is -2.00. The van der Waals surface area contributed by atoms with Crippen LogP contribution in [-0.2, 0) is 9.47 Å². The zero-order valence-electron chi connectivity index (χ0n) is 7.10. The molecule has 1 aromatic rings. The highest BCUT2D eigenvalue weighted by Gasteiger charge is 2.22. The van der Waals surface area contributed by atoms with Crippen LogP contribution < -0.4 is 0 Å². The number of benzene rings is 1. The summed E-state index contributed by atoms with van der Waals surface area (Å²) in [6.07, 6.45) is -0.442. The molecule has 76 valence electrons. The summed E-state index contributed by atoms with van der Waals surface area (Å²) in [4.78, 5) is 0. The van der Waals surface area contributed by atoms with Crippen LogP contribution in [0, 0.1) is 5.82 Å². The number of rotatable bonds is 1. The van der Waals surface area contributed by atoms with Crippen LogP contribution >= 0.6 is 27.5 Å². The number of ether oxygens (including phenoxy) is 2. The van der Waals surface area contributed by atoms with E-state index in [1.54, 1.807) is 6.07 Å². The van der Waals surface area contributed by atoms with E-state index in [9.17, 15) is 4.39 Å². The predicted octanol–water partition coefficient (Wildman–Crippen LogP) is 3.29. The molecule has 0 atom stereocenters. The van der Waals surface area contributed by atoms with E-state index in [1.165, 1.54) is 6.07 Å². The molecule has 0 radical (unpaired) electrons. The Morgan fingerprint density at radius 2 is 2.00 bits per heavy atom. The predicted molar refractivity (Wildman–Crippen MR) is 53.8 cm³/mol. The van der Waals surface area contributed by atoms with Gasteiger partial charge in [-0.15, -0.1) is 0 Å². The van der Waals surface area contributed by atoms with E-state index in [-0.39, 0.29) is 5.02 Å². The first kappa shape index (κ1) is 10.4. The minimum Gasteiger partial charge on any atom is -0.346 e. The molecule has 0 aliphatic carbocycles. The van der Waals surface area contributed by atoms with E-state index in [2.05, 4.69) is 15.9 Å². The maximum absolute atomic E-state index is 13.0. The van der Waals surface area contributed by atoms with Gasteiger partial charge < -0.3 is 9.47 Å². The largest absolute Gasteiger partial charge is 0.346 e. The molecule has 0 spiro atoms. The Labute approximate surface area is 94.1 Å². The van der Waals surface area contributed by atoms with E-state index in [1.807, 2.05) is 0 Å². The molecule has 1 aromatic carbocycles. The molecule has 0 N–H and O–H groups in total. The van der Waals surface area contributed by atoms with Crippen molar-refractivity contribution in [1.29, 1.82) is 0 Å². The van der Waals surface area contributed by atoms with Crippen LogP contribution in [0.25, 0.3) is 0 Å². The molecule has 1 heterocycles. The average Bonchev–Trinajstić information content (AvgIpc) is 2.67. The van der Waals surface area contributed by atoms with Gasteiger partial charge in [-0.1, -0.05) is 11.6 Å². The van der Waals surface area contributed by atoms with E-state index in [0.717, 1.165) is 0 Å². The Morgan fingerprint density at radius 1 is 1.36 bits per heavy atom. The fourth-order valence-corrected chi connectivity index (χ4v) is 1.94. The van der Waals surface area contributed by atoms with Gasteiger partial charge in [-0.2, -0.15) is 0 Å². The summed E-state index contributed by atoms with van der Waals surface area (Å²) in [7, 11) is 0. The smallest absolute Gasteiger partial charge is 0.185 e. The monoisotopic (exact) mass is 280 g/mol. The van der Waals surface area contributed by atoms with Crippen molar-refractivity contribution in [3.05, 3.63) is 33.0 Å². The molecule has 0 aromatic heterocycles. The quantitative estimate of drug-likeness (QED) is 0.736. The van der Waals surface area contributed by atoms with Gasteiger partial charge in [0.25, 0.3) is 0 Å². The number of hydrogen-bond acceptors (Lipinski definition) is 2. The van der Waals surface area contributed by atoms with Crippen LogP contribution in [0.4, 0.5) is 4.39 Å². The minimum atomic E-state index is -0.458. The van der Waals surface area contributed by atoms with Crippen molar-refractivity contribution in [3.63, 3.8) is 0 Å². The van der Waals surface area contributed by atoms with Gasteiger partial charge in [0.1, 0.15) is 5.82 Å². The third-order valence-corrected chi connectivity index (χ3v) is 3.39. The third kappa shape index (κ3) is 1.80. The van der Waals surface area contributed by atoms with Crippen molar-refractivity contribution < 1.29 is 13.9 Å². The van der Waals surface area contributed by atoms with Crippen LogP contribution in [0.3, 0.4) is 0 Å². The molecule has 0 bridgehead atoms. The Hall–Kier alpha value is -0.160. The average molecular weight is 282 g/mol. The first-order chi connectivity index (χ1) is 6.70. The minimum absolute atomic E-state index is 0.0570. The second-order valence-corrected chi connectivity index (χ2v) is 4.01. The van der Waals surface area contributed by atoms with Crippen LogP contribution in [0.15, 0.2) is 16.6 Å². The molecule has 14 heavy (non-hydrogen) atoms. The number of hydrogen-bond donors (Lipinski definition) is 0. The van der Waals surface area contributed by atoms with E-state index < -0.39 is 12.1 Å². The molecule has 2 rings (SSSR count). The normalized spacial score (nSPS) is 17.6. The van der Waals surface area contributed by atoms with E-state index in [0.29, 0.717) is 23.2 Å². The molecular weight excluding hydrogens is 274 g/mol. The lowest BCUT2D eigenvalue weighted by atomic mass is 10.2. The fraction of sp³-hybridized carbons (Fsp3) is 0.333. The van der Waals surface area contributed by atoms with Crippen molar-refractivity contribution in [2.24, 2.45) is 0 Å². The maximum Gasteiger partial charge on any atom is 0.185 e. The van der Waals surface area contributed by atoms with Gasteiger partial charge in [0.2, 0.25) is 0 Å². The summed E-state index contributed by atoms with van der Waals surface area (Å²) in [6, 6.07) is 2.90. The highest BCUT2D eigenvalue weighted by Crippen LogP contribution is 2.35. The summed E-state index contributed by atoms with van der Waals surface area (Å²) in [5.41, 5.74) is 0.717. The van der Waals surface area contributed by atoms with Crippen molar-refractivity contribution in [1.82, 2.24) is 0 Å². The van der Waals surface area contributed by atoms with Gasteiger partial charge in [-0.3, -0.25) is 0 Å². The topological polar surface area (TPSA) is 18.5 Å². The van der Waals surface area contributed by atoms with Gasteiger partial charge in [0.15, 0.2) is 6.29 Å². The molecule has 2 nitrogen and oxygen atoms in total. The summed E-state index contributed by atoms with van der Waals surface area (Å²) < 4.78 is 24.1. The molecule has 0 saturated carbocycles. The Kier molecular flexibility index (Phi) is 3.07. The van der Waals surface area contributed by atoms with Gasteiger partial charge >= 0.3 is 0 Å². The van der Waals surface area contributed by atoms with E-state index >= 15 is 0 Å².